The predicted molar refractivity (Wildman–Crippen MR) is 115 cm³/mol. The molecular weight excluding hydrogens is 418 g/mol. The van der Waals surface area contributed by atoms with E-state index in [1.807, 2.05) is 42.2 Å². The van der Waals surface area contributed by atoms with Crippen molar-refractivity contribution in [2.45, 2.75) is 25.9 Å². The largest absolute Gasteiger partial charge is 0.497 e. The molecule has 7 nitrogen and oxygen atoms in total. The van der Waals surface area contributed by atoms with Crippen LogP contribution in [0.4, 0.5) is 0 Å². The van der Waals surface area contributed by atoms with Gasteiger partial charge in [0, 0.05) is 23.7 Å². The summed E-state index contributed by atoms with van der Waals surface area (Å²) in [5, 5.41) is 0. The Morgan fingerprint density at radius 3 is 2.81 bits per heavy atom. The summed E-state index contributed by atoms with van der Waals surface area (Å²) in [5.74, 6) is 2.39. The Labute approximate surface area is 181 Å². The van der Waals surface area contributed by atoms with Gasteiger partial charge in [-0.25, -0.2) is 8.42 Å². The van der Waals surface area contributed by atoms with Crippen LogP contribution < -0.4 is 14.2 Å². The summed E-state index contributed by atoms with van der Waals surface area (Å²) in [7, 11) is -1.38. The Morgan fingerprint density at radius 1 is 1.23 bits per heavy atom. The molecule has 5 rings (SSSR count). The second-order valence-corrected chi connectivity index (χ2v) is 10.4. The third-order valence-electron chi connectivity index (χ3n) is 6.08. The molecule has 1 atom stereocenters. The van der Waals surface area contributed by atoms with Crippen LogP contribution in [0.5, 0.6) is 17.2 Å². The number of ketones is 1. The second kappa shape index (κ2) is 7.39. The van der Waals surface area contributed by atoms with E-state index in [0.717, 1.165) is 16.7 Å². The Bertz CT molecular complexity index is 1220. The number of carbonyl (C=O) groups is 1. The molecule has 3 aliphatic rings. The van der Waals surface area contributed by atoms with Crippen molar-refractivity contribution in [3.8, 4) is 17.2 Å². The Balaban J connectivity index is 1.44. The highest BCUT2D eigenvalue weighted by Crippen LogP contribution is 2.43. The molecule has 1 saturated heterocycles. The first kappa shape index (κ1) is 20.1. The topological polar surface area (TPSA) is 82.1 Å². The highest BCUT2D eigenvalue weighted by Gasteiger charge is 2.37. The van der Waals surface area contributed by atoms with Gasteiger partial charge in [0.15, 0.2) is 15.6 Å². The number of methoxy groups -OCH3 is 1. The molecule has 162 valence electrons. The first-order chi connectivity index (χ1) is 14.8. The molecule has 3 aliphatic heterocycles. The number of allylic oxidation sites excluding steroid dienone is 1. The Kier molecular flexibility index (Phi) is 4.79. The predicted octanol–water partition coefficient (Wildman–Crippen LogP) is 2.96. The summed E-state index contributed by atoms with van der Waals surface area (Å²) in [6.07, 6.45) is 2.32. The number of sulfone groups is 1. The highest BCUT2D eigenvalue weighted by molar-refractivity contribution is 7.91. The van der Waals surface area contributed by atoms with E-state index in [2.05, 4.69) is 0 Å². The number of benzene rings is 2. The van der Waals surface area contributed by atoms with E-state index in [1.165, 1.54) is 0 Å². The average molecular weight is 442 g/mol. The summed E-state index contributed by atoms with van der Waals surface area (Å²) < 4.78 is 40.9. The molecule has 2 aromatic rings. The number of rotatable bonds is 3. The smallest absolute Gasteiger partial charge is 0.231 e. The van der Waals surface area contributed by atoms with Crippen LogP contribution in [0, 0.1) is 6.92 Å². The van der Waals surface area contributed by atoms with Gasteiger partial charge in [-0.1, -0.05) is 12.1 Å². The molecular formula is C23H23NO6S. The van der Waals surface area contributed by atoms with Crippen molar-refractivity contribution >= 4 is 21.7 Å². The first-order valence-corrected chi connectivity index (χ1v) is 12.0. The van der Waals surface area contributed by atoms with E-state index < -0.39 is 9.84 Å². The molecule has 0 amide bonds. The summed E-state index contributed by atoms with van der Waals surface area (Å²) >= 11 is 0. The summed E-state index contributed by atoms with van der Waals surface area (Å²) in [5.41, 5.74) is 2.98. The van der Waals surface area contributed by atoms with Gasteiger partial charge in [-0.2, -0.15) is 0 Å². The fraction of sp³-hybridized carbons (Fsp3) is 0.348. The van der Waals surface area contributed by atoms with Crippen LogP contribution in [0.1, 0.15) is 33.5 Å². The molecule has 0 saturated carbocycles. The molecule has 31 heavy (non-hydrogen) atoms. The lowest BCUT2D eigenvalue weighted by Gasteiger charge is -2.33. The molecule has 0 N–H and O–H groups in total. The van der Waals surface area contributed by atoms with Crippen LogP contribution in [0.15, 0.2) is 36.1 Å². The molecule has 0 spiro atoms. The SMILES string of the molecule is COc1cccc(/C=C2\Oc3c(cc4c(c3C)OCN([C@@H]3CCS(=O)(=O)C3)C4)C2=O)c1. The Hall–Kier alpha value is -2.84. The van der Waals surface area contributed by atoms with Crippen molar-refractivity contribution in [3.63, 3.8) is 0 Å². The van der Waals surface area contributed by atoms with Gasteiger partial charge < -0.3 is 14.2 Å². The fourth-order valence-electron chi connectivity index (χ4n) is 4.45. The van der Waals surface area contributed by atoms with Crippen LogP contribution >= 0.6 is 0 Å². The lowest BCUT2D eigenvalue weighted by Crippen LogP contribution is -2.41. The average Bonchev–Trinajstić information content (AvgIpc) is 3.28. The maximum absolute atomic E-state index is 13.1. The second-order valence-electron chi connectivity index (χ2n) is 8.16. The van der Waals surface area contributed by atoms with Crippen LogP contribution in [-0.2, 0) is 16.4 Å². The zero-order valence-corrected chi connectivity index (χ0v) is 18.2. The van der Waals surface area contributed by atoms with Gasteiger partial charge >= 0.3 is 0 Å². The van der Waals surface area contributed by atoms with E-state index >= 15 is 0 Å². The molecule has 0 aliphatic carbocycles. The first-order valence-electron chi connectivity index (χ1n) is 10.2. The van der Waals surface area contributed by atoms with Crippen molar-refractivity contribution in [2.24, 2.45) is 0 Å². The zero-order chi connectivity index (χ0) is 21.8. The summed E-state index contributed by atoms with van der Waals surface area (Å²) in [6, 6.07) is 9.17. The molecule has 0 radical (unpaired) electrons. The fourth-order valence-corrected chi connectivity index (χ4v) is 6.21. The van der Waals surface area contributed by atoms with Crippen LogP contribution in [0.25, 0.3) is 6.08 Å². The molecule has 0 bridgehead atoms. The van der Waals surface area contributed by atoms with Crippen molar-refractivity contribution in [1.29, 1.82) is 0 Å². The lowest BCUT2D eigenvalue weighted by atomic mass is 9.99. The zero-order valence-electron chi connectivity index (χ0n) is 17.4. The van der Waals surface area contributed by atoms with Crippen LogP contribution in [0.3, 0.4) is 0 Å². The third-order valence-corrected chi connectivity index (χ3v) is 7.83. The van der Waals surface area contributed by atoms with Crippen molar-refractivity contribution in [1.82, 2.24) is 4.90 Å². The van der Waals surface area contributed by atoms with Gasteiger partial charge in [-0.15, -0.1) is 0 Å². The van der Waals surface area contributed by atoms with Gasteiger partial charge in [-0.05, 0) is 43.2 Å². The van der Waals surface area contributed by atoms with Crippen molar-refractivity contribution in [2.75, 3.05) is 25.3 Å². The van der Waals surface area contributed by atoms with Crippen molar-refractivity contribution in [3.05, 3.63) is 58.3 Å². The number of Topliss-reactive ketones (excluding diaryl/α,β-unsaturated/α-hetero) is 1. The van der Waals surface area contributed by atoms with Gasteiger partial charge in [0.05, 0.1) is 24.2 Å². The molecule has 0 unspecified atom stereocenters. The summed E-state index contributed by atoms with van der Waals surface area (Å²) in [4.78, 5) is 15.1. The van der Waals surface area contributed by atoms with Crippen LogP contribution in [0.2, 0.25) is 0 Å². The van der Waals surface area contributed by atoms with E-state index in [-0.39, 0.29) is 29.1 Å². The maximum Gasteiger partial charge on any atom is 0.231 e. The minimum atomic E-state index is -2.98. The van der Waals surface area contributed by atoms with E-state index in [1.54, 1.807) is 13.2 Å². The van der Waals surface area contributed by atoms with Gasteiger partial charge in [-0.3, -0.25) is 9.69 Å². The third kappa shape index (κ3) is 3.59. The molecule has 2 aromatic carbocycles. The minimum absolute atomic E-state index is 0.0535. The number of fused-ring (bicyclic) bond motifs is 2. The van der Waals surface area contributed by atoms with Crippen molar-refractivity contribution < 1.29 is 27.4 Å². The quantitative estimate of drug-likeness (QED) is 0.678. The van der Waals surface area contributed by atoms with Gasteiger partial charge in [0.1, 0.15) is 24.0 Å². The highest BCUT2D eigenvalue weighted by atomic mass is 32.2. The van der Waals surface area contributed by atoms with E-state index in [4.69, 9.17) is 14.2 Å². The number of carbonyl (C=O) groups excluding carboxylic acids is 1. The monoisotopic (exact) mass is 441 g/mol. The molecule has 1 fully saturated rings. The minimum Gasteiger partial charge on any atom is -0.497 e. The number of nitrogens with zero attached hydrogens (tertiary/aromatic N) is 1. The van der Waals surface area contributed by atoms with E-state index in [9.17, 15) is 13.2 Å². The van der Waals surface area contributed by atoms with Gasteiger partial charge in [0.2, 0.25) is 5.78 Å². The number of hydrogen-bond acceptors (Lipinski definition) is 7. The van der Waals surface area contributed by atoms with E-state index in [0.29, 0.717) is 42.5 Å². The molecule has 0 aromatic heterocycles. The van der Waals surface area contributed by atoms with Gasteiger partial charge in [0.25, 0.3) is 0 Å². The standard InChI is InChI=1S/C23H23NO6S/c1-14-22-16(11-24(13-29-22)17-6-7-31(26,27)12-17)10-19-21(25)20(30-23(14)19)9-15-4-3-5-18(8-15)28-2/h3-5,8-10,17H,6-7,11-13H2,1-2H3/b20-9-/t17-/m1/s1. The number of hydrogen-bond donors (Lipinski definition) is 0. The maximum atomic E-state index is 13.1. The van der Waals surface area contributed by atoms with Crippen LogP contribution in [-0.4, -0.2) is 50.5 Å². The number of ether oxygens (including phenoxy) is 3. The lowest BCUT2D eigenvalue weighted by molar-refractivity contribution is 0.0637. The molecule has 8 heteroatoms. The normalized spacial score (nSPS) is 23.2. The summed E-state index contributed by atoms with van der Waals surface area (Å²) in [6.45, 7) is 2.76. The molecule has 3 heterocycles. The Morgan fingerprint density at radius 2 is 2.06 bits per heavy atom.